The number of carbonyl (C=O) groups is 2. The summed E-state index contributed by atoms with van der Waals surface area (Å²) < 4.78 is 107. The first-order valence-electron chi connectivity index (χ1n) is 27.1. The molecule has 0 aliphatic rings. The van der Waals surface area contributed by atoms with Crippen LogP contribution in [0.1, 0.15) is 98.1 Å². The normalized spacial score (nSPS) is 10.5. The van der Waals surface area contributed by atoms with Gasteiger partial charge in [0, 0.05) is 16.8 Å². The minimum atomic E-state index is -2.25. The van der Waals surface area contributed by atoms with E-state index in [4.69, 9.17) is 112 Å². The number of halogens is 5. The number of para-hydroxylation sites is 1. The van der Waals surface area contributed by atoms with Crippen LogP contribution in [0.5, 0.6) is 11.5 Å². The van der Waals surface area contributed by atoms with Crippen LogP contribution < -0.4 is 9.47 Å². The zero-order chi connectivity index (χ0) is 68.1. The van der Waals surface area contributed by atoms with Crippen LogP contribution in [0.2, 0.25) is 0 Å². The number of ether oxygens (including phenoxy) is 8. The molecule has 0 fully saturated rings. The molecular formula is C62H72F5NO10S12. The molecule has 1 atom stereocenters. The van der Waals surface area contributed by atoms with E-state index in [0.717, 1.165) is 28.8 Å². The second-order valence-electron chi connectivity index (χ2n) is 17.5. The summed E-state index contributed by atoms with van der Waals surface area (Å²) in [5, 5.41) is 8.45. The molecule has 0 saturated heterocycles. The van der Waals surface area contributed by atoms with Gasteiger partial charge < -0.3 is 37.9 Å². The van der Waals surface area contributed by atoms with E-state index in [1.807, 2.05) is 100 Å². The number of carbonyl (C=O) groups excluding carboxylic acids is 2. The van der Waals surface area contributed by atoms with Gasteiger partial charge in [-0.1, -0.05) is 180 Å². The van der Waals surface area contributed by atoms with Crippen molar-refractivity contribution in [3.05, 3.63) is 167 Å². The average molecular weight is 1470 g/mol. The van der Waals surface area contributed by atoms with E-state index in [0.29, 0.717) is 78.3 Å². The molecule has 90 heavy (non-hydrogen) atoms. The Morgan fingerprint density at radius 1 is 0.456 bits per heavy atom. The summed E-state index contributed by atoms with van der Waals surface area (Å²) >= 11 is 37.3. The van der Waals surface area contributed by atoms with Crippen molar-refractivity contribution in [2.24, 2.45) is 0 Å². The van der Waals surface area contributed by atoms with Crippen molar-refractivity contribution >= 4 is 182 Å². The van der Waals surface area contributed by atoms with Crippen molar-refractivity contribution in [2.45, 2.75) is 102 Å². The second-order valence-corrected chi connectivity index (χ2v) is 28.6. The summed E-state index contributed by atoms with van der Waals surface area (Å²) in [6, 6.07) is 41.0. The highest BCUT2D eigenvalue weighted by Gasteiger charge is 2.33. The molecule has 0 amide bonds. The van der Waals surface area contributed by atoms with Gasteiger partial charge in [-0.2, -0.15) is 14.0 Å². The molecule has 0 spiro atoms. The Bertz CT molecular complexity index is 2940. The zero-order valence-corrected chi connectivity index (χ0v) is 61.1. The molecule has 0 saturated carbocycles. The van der Waals surface area contributed by atoms with Gasteiger partial charge in [0.1, 0.15) is 15.2 Å². The number of esters is 2. The number of rotatable bonds is 19. The molecule has 0 N–H and O–H groups in total. The highest BCUT2D eigenvalue weighted by molar-refractivity contribution is 8.25. The van der Waals surface area contributed by atoms with E-state index in [1.165, 1.54) is 58.2 Å². The Kier molecular flexibility index (Phi) is 47.7. The number of thioether (sulfide) groups is 6. The fraction of sp³-hybridized carbons (Fsp3) is 0.371. The molecule has 0 bridgehead atoms. The van der Waals surface area contributed by atoms with Gasteiger partial charge in [0.15, 0.2) is 0 Å². The molecule has 28 heteroatoms. The smallest absolute Gasteiger partial charge is 0.322 e. The molecule has 5 aromatic rings. The summed E-state index contributed by atoms with van der Waals surface area (Å²) in [5.74, 6) is -10.1. The van der Waals surface area contributed by atoms with Gasteiger partial charge in [0.05, 0.1) is 51.5 Å². The Morgan fingerprint density at radius 2 is 0.789 bits per heavy atom. The zero-order valence-electron chi connectivity index (χ0n) is 51.3. The molecule has 5 aromatic carbocycles. The Morgan fingerprint density at radius 3 is 1.17 bits per heavy atom. The van der Waals surface area contributed by atoms with Crippen molar-refractivity contribution in [3.63, 3.8) is 0 Å². The summed E-state index contributed by atoms with van der Waals surface area (Å²) in [6.45, 7) is 23.3. The molecule has 0 radical (unpaired) electrons. The lowest BCUT2D eigenvalue weighted by Gasteiger charge is -2.21. The largest absolute Gasteiger partial charge is 0.479 e. The van der Waals surface area contributed by atoms with E-state index in [-0.39, 0.29) is 16.3 Å². The molecule has 0 heterocycles. The Hall–Kier alpha value is -4.38. The predicted molar refractivity (Wildman–Crippen MR) is 389 cm³/mol. The molecule has 1 unspecified atom stereocenters. The number of nitrogens with zero attached hydrogens (tertiary/aromatic N) is 1. The maximum atomic E-state index is 13.4. The first kappa shape index (κ1) is 85.6. The number of nitriles is 1. The van der Waals surface area contributed by atoms with Gasteiger partial charge in [-0.25, -0.2) is 13.2 Å². The van der Waals surface area contributed by atoms with Gasteiger partial charge in [0.25, 0.3) is 0 Å². The van der Waals surface area contributed by atoms with E-state index in [1.54, 1.807) is 83.6 Å². The van der Waals surface area contributed by atoms with E-state index in [2.05, 4.69) is 35.9 Å². The third-order valence-corrected chi connectivity index (χ3v) is 17.3. The first-order valence-corrected chi connectivity index (χ1v) is 35.0. The SMILES string of the molecule is CCOC(=O)C(C)(C)SC(=S)OCC.CCOC(=O)C(C)(C)SC(=S)OCC.CCOC(=S)SC(C)c1ccccc1.CCOC(=S)SCC#N.Fc1c(F)c(F)c(OC(=S)SCc2ccccc2)c(F)c1F.S=C(Oc1ccccc1)SCc1ccccc1. The molecule has 11 nitrogen and oxygen atoms in total. The van der Waals surface area contributed by atoms with Crippen molar-refractivity contribution in [2.75, 3.05) is 45.4 Å². The van der Waals surface area contributed by atoms with Gasteiger partial charge in [-0.05, 0) is 178 Å². The summed E-state index contributed by atoms with van der Waals surface area (Å²) in [4.78, 5) is 22.9. The summed E-state index contributed by atoms with van der Waals surface area (Å²) in [6.07, 6.45) is 0. The van der Waals surface area contributed by atoms with Crippen LogP contribution in [0, 0.1) is 40.4 Å². The van der Waals surface area contributed by atoms with Crippen LogP contribution in [-0.4, -0.2) is 93.1 Å². The van der Waals surface area contributed by atoms with Crippen molar-refractivity contribution in [1.29, 1.82) is 5.26 Å². The number of hydrogen-bond donors (Lipinski definition) is 0. The third-order valence-electron chi connectivity index (χ3n) is 9.75. The molecular weight excluding hydrogens is 1400 g/mol. The molecule has 0 aliphatic carbocycles. The lowest BCUT2D eigenvalue weighted by molar-refractivity contribution is -0.145. The maximum absolute atomic E-state index is 13.4. The number of benzene rings is 5. The second kappa shape index (κ2) is 50.2. The van der Waals surface area contributed by atoms with Crippen LogP contribution in [-0.2, 0) is 49.5 Å². The average Bonchev–Trinajstić information content (AvgIpc) is 0.952. The molecule has 0 aliphatic heterocycles. The molecule has 5 rings (SSSR count). The standard InChI is InChI=1S/C14H7F5OS2.C14H12OS2.C11H14OS2.2C9H16O3S2.C5H7NOS2/c15-8-9(16)11(18)13(12(19)10(8)17)20-14(21)22-6-7-4-2-1-3-5-7;16-14(15-13-9-5-2-6-10-13)17-11-12-7-3-1-4-8-12;1-3-12-11(13)14-9(2)10-7-5-4-6-8-10;2*1-5-11-7(10)9(3,4)14-8(13)12-6-2;1-2-7-5(8)9-4-3-6/h1-5H,6H2;1-10H,11H2;4-9H,3H2,1-2H3;2*5-6H2,1-4H3;2,4H2,1H3. The van der Waals surface area contributed by atoms with Crippen LogP contribution in [0.3, 0.4) is 0 Å². The predicted octanol–water partition coefficient (Wildman–Crippen LogP) is 19.4. The van der Waals surface area contributed by atoms with Crippen LogP contribution in [0.4, 0.5) is 22.0 Å². The van der Waals surface area contributed by atoms with Crippen LogP contribution >= 0.6 is 144 Å². The first-order chi connectivity index (χ1) is 42.7. The minimum Gasteiger partial charge on any atom is -0.479 e. The lowest BCUT2D eigenvalue weighted by atomic mass is 10.2. The van der Waals surface area contributed by atoms with Gasteiger partial charge in [0.2, 0.25) is 61.1 Å². The number of thiocarbonyl (C=S) groups is 6. The minimum absolute atomic E-state index is 0.271. The maximum Gasteiger partial charge on any atom is 0.322 e. The monoisotopic (exact) mass is 1470 g/mol. The quantitative estimate of drug-likeness (QED) is 0.0255. The molecule has 0 aromatic heterocycles. The highest BCUT2D eigenvalue weighted by Crippen LogP contribution is 2.33. The van der Waals surface area contributed by atoms with Crippen LogP contribution in [0.25, 0.3) is 0 Å². The topological polar surface area (TPSA) is 132 Å². The Balaban J connectivity index is 0.00000108. The Labute approximate surface area is 584 Å². The summed E-state index contributed by atoms with van der Waals surface area (Å²) in [5.41, 5.74) is 3.38. The van der Waals surface area contributed by atoms with E-state index in [9.17, 15) is 31.5 Å². The lowest BCUT2D eigenvalue weighted by Crippen LogP contribution is -2.31. The van der Waals surface area contributed by atoms with E-state index >= 15 is 0 Å². The summed E-state index contributed by atoms with van der Waals surface area (Å²) in [7, 11) is 0. The van der Waals surface area contributed by atoms with Crippen molar-refractivity contribution in [3.8, 4) is 17.6 Å². The fourth-order valence-corrected chi connectivity index (χ4v) is 12.3. The highest BCUT2D eigenvalue weighted by atomic mass is 32.2. The third kappa shape index (κ3) is 38.6. The van der Waals surface area contributed by atoms with Gasteiger partial charge in [-0.15, -0.1) is 0 Å². The number of hydrogen-bond acceptors (Lipinski definition) is 23. The van der Waals surface area contributed by atoms with E-state index < -0.39 is 44.3 Å². The fourth-order valence-electron chi connectivity index (χ4n) is 5.58. The van der Waals surface area contributed by atoms with Crippen molar-refractivity contribution in [1.82, 2.24) is 0 Å². The van der Waals surface area contributed by atoms with Crippen LogP contribution in [0.15, 0.2) is 121 Å². The molecule has 492 valence electrons. The van der Waals surface area contributed by atoms with Gasteiger partial charge >= 0.3 is 11.9 Å². The van der Waals surface area contributed by atoms with Crippen molar-refractivity contribution < 1.29 is 69.4 Å². The van der Waals surface area contributed by atoms with Gasteiger partial charge in [-0.3, -0.25) is 9.59 Å².